The minimum absolute atomic E-state index is 0.0476. The second-order valence-electron chi connectivity index (χ2n) is 2.83. The first kappa shape index (κ1) is 13.6. The molecule has 0 atom stereocenters. The van der Waals surface area contributed by atoms with Gasteiger partial charge in [-0.05, 0) is 0 Å². The Balaban J connectivity index is 3.28. The van der Waals surface area contributed by atoms with Crippen LogP contribution in [0.2, 0.25) is 0 Å². The van der Waals surface area contributed by atoms with E-state index in [0.29, 0.717) is 6.29 Å². The summed E-state index contributed by atoms with van der Waals surface area (Å²) in [5, 5.41) is 0. The number of hydrogen-bond donors (Lipinski definition) is 0. The number of alkyl halides is 4. The summed E-state index contributed by atoms with van der Waals surface area (Å²) in [5.41, 5.74) is 0.143. The predicted molar refractivity (Wildman–Crippen MR) is 52.4 cm³/mol. The molecule has 0 aliphatic carbocycles. The van der Waals surface area contributed by atoms with Crippen molar-refractivity contribution >= 4 is 17.9 Å². The molecule has 4 nitrogen and oxygen atoms in total. The zero-order valence-corrected chi connectivity index (χ0v) is 9.30. The number of nitrogens with zero attached hydrogens (tertiary/aromatic N) is 1. The summed E-state index contributed by atoms with van der Waals surface area (Å²) in [4.78, 5) is 14.0. The third-order valence-electron chi connectivity index (χ3n) is 1.81. The van der Waals surface area contributed by atoms with Gasteiger partial charge in [0.05, 0.1) is 13.0 Å². The lowest BCUT2D eigenvalue weighted by Crippen LogP contribution is -2.19. The highest BCUT2D eigenvalue weighted by Gasteiger charge is 2.34. The van der Waals surface area contributed by atoms with Crippen molar-refractivity contribution in [3.8, 4) is 11.6 Å². The molecule has 0 saturated carbocycles. The van der Waals surface area contributed by atoms with E-state index >= 15 is 0 Å². The zero-order valence-electron chi connectivity index (χ0n) is 8.55. The van der Waals surface area contributed by atoms with E-state index in [9.17, 15) is 18.0 Å². The van der Waals surface area contributed by atoms with Gasteiger partial charge in [-0.3, -0.25) is 4.79 Å². The smallest absolute Gasteiger partial charge is 0.491 e. The van der Waals surface area contributed by atoms with Gasteiger partial charge in [0.1, 0.15) is 0 Å². The summed E-state index contributed by atoms with van der Waals surface area (Å²) in [6.45, 7) is 0. The Bertz CT molecular complexity index is 423. The molecule has 0 aliphatic rings. The van der Waals surface area contributed by atoms with E-state index in [4.69, 9.17) is 16.3 Å². The molecular formula is C9H7ClF3NO3. The molecule has 0 saturated heterocycles. The van der Waals surface area contributed by atoms with Crippen molar-refractivity contribution in [3.63, 3.8) is 0 Å². The Morgan fingerprint density at radius 1 is 1.53 bits per heavy atom. The molecule has 1 heterocycles. The number of hydrogen-bond acceptors (Lipinski definition) is 4. The van der Waals surface area contributed by atoms with Gasteiger partial charge in [0, 0.05) is 17.3 Å². The van der Waals surface area contributed by atoms with Crippen LogP contribution < -0.4 is 9.47 Å². The van der Waals surface area contributed by atoms with E-state index < -0.39 is 12.2 Å². The average Bonchev–Trinajstić information content (AvgIpc) is 2.26. The van der Waals surface area contributed by atoms with Gasteiger partial charge in [0.15, 0.2) is 12.0 Å². The first-order valence-electron chi connectivity index (χ1n) is 4.25. The van der Waals surface area contributed by atoms with Crippen molar-refractivity contribution in [3.05, 3.63) is 17.3 Å². The van der Waals surface area contributed by atoms with Crippen LogP contribution in [0.5, 0.6) is 11.6 Å². The number of halogens is 4. The monoisotopic (exact) mass is 269 g/mol. The van der Waals surface area contributed by atoms with Crippen LogP contribution in [-0.4, -0.2) is 24.7 Å². The van der Waals surface area contributed by atoms with Crippen molar-refractivity contribution in [1.29, 1.82) is 0 Å². The number of ether oxygens (including phenoxy) is 2. The van der Waals surface area contributed by atoms with Gasteiger partial charge in [-0.25, -0.2) is 4.98 Å². The summed E-state index contributed by atoms with van der Waals surface area (Å²) in [6.07, 6.45) is -3.54. The fourth-order valence-electron chi connectivity index (χ4n) is 1.16. The van der Waals surface area contributed by atoms with Crippen LogP contribution in [0, 0.1) is 0 Å². The number of carbonyl (C=O) groups is 1. The molecular weight excluding hydrogens is 263 g/mol. The van der Waals surface area contributed by atoms with Crippen LogP contribution in [0.4, 0.5) is 13.2 Å². The number of pyridine rings is 1. The Morgan fingerprint density at radius 3 is 2.59 bits per heavy atom. The number of rotatable bonds is 4. The minimum atomic E-state index is -4.90. The highest BCUT2D eigenvalue weighted by Crippen LogP contribution is 2.35. The lowest BCUT2D eigenvalue weighted by atomic mass is 10.1. The van der Waals surface area contributed by atoms with Gasteiger partial charge in [0.25, 0.3) is 5.88 Å². The topological polar surface area (TPSA) is 48.4 Å². The molecule has 0 amide bonds. The Labute approximate surface area is 99.3 Å². The fourth-order valence-corrected chi connectivity index (χ4v) is 1.43. The van der Waals surface area contributed by atoms with E-state index in [1.165, 1.54) is 0 Å². The van der Waals surface area contributed by atoms with E-state index in [1.807, 2.05) is 0 Å². The van der Waals surface area contributed by atoms with Crippen molar-refractivity contribution in [2.75, 3.05) is 7.11 Å². The molecule has 8 heteroatoms. The second kappa shape index (κ2) is 5.22. The maximum absolute atomic E-state index is 12.1. The van der Waals surface area contributed by atoms with Crippen molar-refractivity contribution in [2.45, 2.75) is 12.2 Å². The summed E-state index contributed by atoms with van der Waals surface area (Å²) in [5.74, 6) is -1.28. The number of aromatic nitrogens is 1. The summed E-state index contributed by atoms with van der Waals surface area (Å²) in [6, 6.07) is 0. The quantitative estimate of drug-likeness (QED) is 0.622. The number of aldehydes is 1. The summed E-state index contributed by atoms with van der Waals surface area (Å²) in [7, 11) is 1.13. The predicted octanol–water partition coefficient (Wildman–Crippen LogP) is 2.54. The molecule has 94 valence electrons. The van der Waals surface area contributed by atoms with E-state index in [-0.39, 0.29) is 22.8 Å². The molecule has 0 unspecified atom stereocenters. The van der Waals surface area contributed by atoms with Gasteiger partial charge in [-0.15, -0.1) is 24.8 Å². The van der Waals surface area contributed by atoms with E-state index in [0.717, 1.165) is 13.3 Å². The van der Waals surface area contributed by atoms with Crippen LogP contribution in [-0.2, 0) is 5.88 Å². The van der Waals surface area contributed by atoms with Crippen LogP contribution in [0.3, 0.4) is 0 Å². The van der Waals surface area contributed by atoms with Crippen molar-refractivity contribution < 1.29 is 27.4 Å². The van der Waals surface area contributed by atoms with Crippen LogP contribution >= 0.6 is 11.6 Å². The van der Waals surface area contributed by atoms with E-state index in [2.05, 4.69) is 9.72 Å². The van der Waals surface area contributed by atoms with E-state index in [1.54, 1.807) is 0 Å². The Hall–Kier alpha value is -1.50. The van der Waals surface area contributed by atoms with Crippen LogP contribution in [0.1, 0.15) is 15.9 Å². The van der Waals surface area contributed by atoms with Crippen LogP contribution in [0.15, 0.2) is 6.20 Å². The molecule has 0 radical (unpaired) electrons. The van der Waals surface area contributed by atoms with Crippen molar-refractivity contribution in [1.82, 2.24) is 4.98 Å². The molecule has 17 heavy (non-hydrogen) atoms. The third kappa shape index (κ3) is 3.23. The summed E-state index contributed by atoms with van der Waals surface area (Å²) >= 11 is 5.53. The van der Waals surface area contributed by atoms with Gasteiger partial charge < -0.3 is 9.47 Å². The van der Waals surface area contributed by atoms with Gasteiger partial charge >= 0.3 is 6.36 Å². The standard InChI is InChI=1S/C9H7ClF3NO3/c1-16-7-6(2-10)5(4-15)3-14-8(7)17-9(11,12)13/h3-4H,2H2,1H3. The molecule has 0 N–H and O–H groups in total. The lowest BCUT2D eigenvalue weighted by molar-refractivity contribution is -0.276. The normalized spacial score (nSPS) is 11.1. The molecule has 0 fully saturated rings. The highest BCUT2D eigenvalue weighted by molar-refractivity contribution is 6.17. The van der Waals surface area contributed by atoms with Gasteiger partial charge in [-0.1, -0.05) is 0 Å². The SMILES string of the molecule is COc1c(OC(F)(F)F)ncc(C=O)c1CCl. The molecule has 1 aromatic heterocycles. The first-order valence-corrected chi connectivity index (χ1v) is 4.79. The number of carbonyl (C=O) groups excluding carboxylic acids is 1. The van der Waals surface area contributed by atoms with Crippen molar-refractivity contribution in [2.24, 2.45) is 0 Å². The number of methoxy groups -OCH3 is 1. The average molecular weight is 270 g/mol. The van der Waals surface area contributed by atoms with Crippen LogP contribution in [0.25, 0.3) is 0 Å². The lowest BCUT2D eigenvalue weighted by Gasteiger charge is -2.14. The Morgan fingerprint density at radius 2 is 2.18 bits per heavy atom. The zero-order chi connectivity index (χ0) is 13.1. The maximum Gasteiger partial charge on any atom is 0.574 e. The molecule has 0 aromatic carbocycles. The molecule has 1 rings (SSSR count). The largest absolute Gasteiger partial charge is 0.574 e. The Kier molecular flexibility index (Phi) is 4.17. The van der Waals surface area contributed by atoms with Gasteiger partial charge in [0.2, 0.25) is 0 Å². The highest BCUT2D eigenvalue weighted by atomic mass is 35.5. The molecule has 0 aliphatic heterocycles. The molecule has 0 spiro atoms. The third-order valence-corrected chi connectivity index (χ3v) is 2.08. The molecule has 1 aromatic rings. The second-order valence-corrected chi connectivity index (χ2v) is 3.10. The fraction of sp³-hybridized carbons (Fsp3) is 0.333. The minimum Gasteiger partial charge on any atom is -0.491 e. The molecule has 0 bridgehead atoms. The van der Waals surface area contributed by atoms with Gasteiger partial charge in [-0.2, -0.15) is 0 Å². The maximum atomic E-state index is 12.1. The first-order chi connectivity index (χ1) is 7.92. The summed E-state index contributed by atoms with van der Waals surface area (Å²) < 4.78 is 44.5.